The number of carbonyl (C=O) groups is 2. The van der Waals surface area contributed by atoms with Crippen LogP contribution in [0.4, 0.5) is 0 Å². The smallest absolute Gasteiger partial charge is 0.550 e. The van der Waals surface area contributed by atoms with Crippen LogP contribution in [0.1, 0.15) is 45.4 Å². The molecule has 0 aliphatic carbocycles. The van der Waals surface area contributed by atoms with Gasteiger partial charge >= 0.3 is 103 Å². The third kappa shape index (κ3) is 16.0. The number of allylic oxidation sites excluding steroid dienone is 2. The first-order chi connectivity index (χ1) is 7.57. The summed E-state index contributed by atoms with van der Waals surface area (Å²) in [6.07, 6.45) is 7.57. The van der Waals surface area contributed by atoms with Crippen molar-refractivity contribution in [1.29, 1.82) is 0 Å². The van der Waals surface area contributed by atoms with Gasteiger partial charge in [0, 0.05) is 17.9 Å². The molecular formula is C12H18K2O4. The molecule has 0 N–H and O–H groups in total. The first kappa shape index (κ1) is 24.9. The van der Waals surface area contributed by atoms with E-state index in [-0.39, 0.29) is 109 Å². The number of carboxylic acids is 2. The number of hydrogen-bond donors (Lipinski definition) is 0. The molecule has 0 aliphatic heterocycles. The Hall–Kier alpha value is 1.95. The van der Waals surface area contributed by atoms with Crippen molar-refractivity contribution in [3.63, 3.8) is 0 Å². The summed E-state index contributed by atoms with van der Waals surface area (Å²) in [6, 6.07) is 0. The molecule has 92 valence electrons. The number of aliphatic carboxylic acids is 2. The largest absolute Gasteiger partial charge is 1.00 e. The van der Waals surface area contributed by atoms with E-state index in [4.69, 9.17) is 0 Å². The van der Waals surface area contributed by atoms with Crippen LogP contribution in [0.3, 0.4) is 0 Å². The van der Waals surface area contributed by atoms with Crippen LogP contribution in [-0.2, 0) is 9.59 Å². The second-order valence-corrected chi connectivity index (χ2v) is 3.79. The van der Waals surface area contributed by atoms with E-state index in [9.17, 15) is 19.8 Å². The number of rotatable bonds is 9. The Balaban J connectivity index is -0.00000112. The van der Waals surface area contributed by atoms with E-state index in [1.54, 1.807) is 6.08 Å². The van der Waals surface area contributed by atoms with Crippen molar-refractivity contribution >= 4 is 11.9 Å². The van der Waals surface area contributed by atoms with Crippen LogP contribution in [0.2, 0.25) is 0 Å². The van der Waals surface area contributed by atoms with Gasteiger partial charge in [-0.05, 0) is 25.7 Å². The molecule has 6 heteroatoms. The summed E-state index contributed by atoms with van der Waals surface area (Å²) in [7, 11) is 0. The van der Waals surface area contributed by atoms with Gasteiger partial charge in [0.25, 0.3) is 0 Å². The van der Waals surface area contributed by atoms with Crippen LogP contribution in [0, 0.1) is 5.92 Å². The maximum atomic E-state index is 10.6. The molecule has 1 unspecified atom stereocenters. The van der Waals surface area contributed by atoms with Gasteiger partial charge in [0.05, 0.1) is 0 Å². The Kier molecular flexibility index (Phi) is 23.6. The molecule has 0 saturated carbocycles. The first-order valence-corrected chi connectivity index (χ1v) is 5.63. The molecule has 0 radical (unpaired) electrons. The maximum absolute atomic E-state index is 10.6. The Labute approximate surface area is 194 Å². The zero-order valence-electron chi connectivity index (χ0n) is 11.6. The summed E-state index contributed by atoms with van der Waals surface area (Å²) >= 11 is 0. The molecule has 4 nitrogen and oxygen atoms in total. The number of carbonyl (C=O) groups excluding carboxylic acids is 2. The normalized spacial score (nSPS) is 11.4. The van der Waals surface area contributed by atoms with Crippen molar-refractivity contribution in [2.75, 3.05) is 0 Å². The van der Waals surface area contributed by atoms with Crippen LogP contribution in [0.15, 0.2) is 12.2 Å². The van der Waals surface area contributed by atoms with Crippen LogP contribution >= 0.6 is 0 Å². The third-order valence-corrected chi connectivity index (χ3v) is 2.31. The molecule has 0 bridgehead atoms. The molecule has 0 aromatic carbocycles. The van der Waals surface area contributed by atoms with E-state index in [1.807, 2.05) is 6.08 Å². The molecule has 1 atom stereocenters. The summed E-state index contributed by atoms with van der Waals surface area (Å²) in [5.74, 6) is -3.66. The van der Waals surface area contributed by atoms with Gasteiger partial charge in [0.15, 0.2) is 0 Å². The topological polar surface area (TPSA) is 80.3 Å². The third-order valence-electron chi connectivity index (χ3n) is 2.31. The van der Waals surface area contributed by atoms with Gasteiger partial charge in [0.1, 0.15) is 0 Å². The number of hydrogen-bond acceptors (Lipinski definition) is 4. The van der Waals surface area contributed by atoms with Gasteiger partial charge in [-0.15, -0.1) is 0 Å². The summed E-state index contributed by atoms with van der Waals surface area (Å²) in [5, 5.41) is 20.8. The summed E-state index contributed by atoms with van der Waals surface area (Å²) in [4.78, 5) is 20.8. The summed E-state index contributed by atoms with van der Waals surface area (Å²) in [5.41, 5.74) is 0. The SMILES string of the molecule is CCCCCC=CCC(CC(=O)[O-])C(=O)[O-].[K+].[K+]. The van der Waals surface area contributed by atoms with Crippen LogP contribution < -0.4 is 113 Å². The second-order valence-electron chi connectivity index (χ2n) is 3.79. The van der Waals surface area contributed by atoms with Gasteiger partial charge in [-0.3, -0.25) is 0 Å². The molecule has 0 rings (SSSR count). The minimum absolute atomic E-state index is 0. The fraction of sp³-hybridized carbons (Fsp3) is 0.667. The fourth-order valence-corrected chi connectivity index (χ4v) is 1.35. The van der Waals surface area contributed by atoms with Crippen molar-refractivity contribution in [2.45, 2.75) is 45.4 Å². The van der Waals surface area contributed by atoms with Crippen molar-refractivity contribution in [3.05, 3.63) is 12.2 Å². The van der Waals surface area contributed by atoms with Gasteiger partial charge in [-0.2, -0.15) is 0 Å². The number of carboxylic acid groups (broad SMARTS) is 2. The van der Waals surface area contributed by atoms with Gasteiger partial charge in [-0.1, -0.05) is 31.9 Å². The van der Waals surface area contributed by atoms with E-state index >= 15 is 0 Å². The average Bonchev–Trinajstić information content (AvgIpc) is 2.20. The molecule has 0 aromatic rings. The Bertz CT molecular complexity index is 254. The van der Waals surface area contributed by atoms with Crippen LogP contribution in [0.25, 0.3) is 0 Å². The van der Waals surface area contributed by atoms with Crippen LogP contribution in [-0.4, -0.2) is 11.9 Å². The molecule has 0 fully saturated rings. The zero-order valence-corrected chi connectivity index (χ0v) is 17.9. The van der Waals surface area contributed by atoms with Gasteiger partial charge < -0.3 is 19.8 Å². The molecule has 0 spiro atoms. The van der Waals surface area contributed by atoms with Crippen molar-refractivity contribution in [2.24, 2.45) is 5.92 Å². The minimum atomic E-state index is -1.35. The molecule has 0 amide bonds. The quantitative estimate of drug-likeness (QED) is 0.241. The fourth-order valence-electron chi connectivity index (χ4n) is 1.35. The Morgan fingerprint density at radius 3 is 2.17 bits per heavy atom. The second kappa shape index (κ2) is 17.0. The Morgan fingerprint density at radius 2 is 1.72 bits per heavy atom. The van der Waals surface area contributed by atoms with E-state index < -0.39 is 24.3 Å². The molecule has 18 heavy (non-hydrogen) atoms. The maximum Gasteiger partial charge on any atom is 1.00 e. The van der Waals surface area contributed by atoms with Crippen molar-refractivity contribution in [3.8, 4) is 0 Å². The van der Waals surface area contributed by atoms with Gasteiger partial charge in [-0.25, -0.2) is 0 Å². The van der Waals surface area contributed by atoms with Gasteiger partial charge in [0.2, 0.25) is 0 Å². The number of unbranched alkanes of at least 4 members (excludes halogenated alkanes) is 3. The predicted molar refractivity (Wildman–Crippen MR) is 56.0 cm³/mol. The summed E-state index contributed by atoms with van der Waals surface area (Å²) < 4.78 is 0. The van der Waals surface area contributed by atoms with E-state index in [0.717, 1.165) is 25.7 Å². The first-order valence-electron chi connectivity index (χ1n) is 5.63. The van der Waals surface area contributed by atoms with Crippen LogP contribution in [0.5, 0.6) is 0 Å². The summed E-state index contributed by atoms with van der Waals surface area (Å²) in [6.45, 7) is 2.11. The average molecular weight is 304 g/mol. The predicted octanol–water partition coefficient (Wildman–Crippen LogP) is -5.97. The van der Waals surface area contributed by atoms with E-state index in [0.29, 0.717) is 0 Å². The molecule has 0 aromatic heterocycles. The zero-order chi connectivity index (χ0) is 12.4. The monoisotopic (exact) mass is 304 g/mol. The molecule has 0 heterocycles. The molecule has 0 saturated heterocycles. The van der Waals surface area contributed by atoms with E-state index in [2.05, 4.69) is 6.92 Å². The minimum Gasteiger partial charge on any atom is -0.550 e. The Morgan fingerprint density at radius 1 is 1.11 bits per heavy atom. The standard InChI is InChI=1S/C12H20O4.2K/c1-2-3-4-5-6-7-8-10(12(15)16)9-11(13)14;;/h6-7,10H,2-5,8-9H2,1H3,(H,13,14)(H,15,16);;/q;2*+1/p-2. The van der Waals surface area contributed by atoms with E-state index in [1.165, 1.54) is 0 Å². The molecular weight excluding hydrogens is 286 g/mol. The van der Waals surface area contributed by atoms with Crippen molar-refractivity contribution in [1.82, 2.24) is 0 Å². The molecule has 0 aliphatic rings. The van der Waals surface area contributed by atoms with Crippen molar-refractivity contribution < 1.29 is 123 Å².